The van der Waals surface area contributed by atoms with E-state index in [9.17, 15) is 0 Å². The largest absolute Gasteiger partial charge is 0.0616 e. The predicted octanol–water partition coefficient (Wildman–Crippen LogP) is 13.4. The Morgan fingerprint density at radius 3 is 1.29 bits per heavy atom. The number of aryl methyl sites for hydroxylation is 4. The molecule has 2 aliphatic carbocycles. The molecule has 0 heteroatoms. The predicted molar refractivity (Wildman–Crippen MR) is 242 cm³/mol. The van der Waals surface area contributed by atoms with Crippen molar-refractivity contribution in [2.45, 2.75) is 80.1 Å². The van der Waals surface area contributed by atoms with E-state index in [0.717, 1.165) is 0 Å². The van der Waals surface area contributed by atoms with E-state index >= 15 is 0 Å². The van der Waals surface area contributed by atoms with Crippen LogP contribution < -0.4 is 10.4 Å². The fourth-order valence-electron chi connectivity index (χ4n) is 10.0. The van der Waals surface area contributed by atoms with Crippen LogP contribution in [-0.2, 0) is 10.8 Å². The van der Waals surface area contributed by atoms with Gasteiger partial charge in [0.2, 0.25) is 0 Å². The van der Waals surface area contributed by atoms with Crippen LogP contribution >= 0.6 is 0 Å². The van der Waals surface area contributed by atoms with Gasteiger partial charge in [0.15, 0.2) is 0 Å². The van der Waals surface area contributed by atoms with Crippen molar-refractivity contribution in [1.29, 1.82) is 0 Å². The van der Waals surface area contributed by atoms with Crippen LogP contribution in [0.3, 0.4) is 0 Å². The molecule has 56 heavy (non-hydrogen) atoms. The highest BCUT2D eigenvalue weighted by Gasteiger charge is 2.29. The Bertz CT molecular complexity index is 3120. The first-order chi connectivity index (χ1) is 26.7. The lowest BCUT2D eigenvalue weighted by atomic mass is 9.81. The van der Waals surface area contributed by atoms with Crippen molar-refractivity contribution in [3.05, 3.63) is 187 Å². The number of hydrogen-bond acceptors (Lipinski definition) is 0. The Morgan fingerprint density at radius 1 is 0.321 bits per heavy atom. The van der Waals surface area contributed by atoms with Crippen molar-refractivity contribution < 1.29 is 0 Å². The van der Waals surface area contributed by atoms with Crippen molar-refractivity contribution >= 4 is 43.5 Å². The highest BCUT2D eigenvalue weighted by molar-refractivity contribution is 6.11. The first-order valence-corrected chi connectivity index (χ1v) is 20.3. The number of fused-ring (bicyclic) bond motifs is 10. The third-order valence-corrected chi connectivity index (χ3v) is 12.9. The van der Waals surface area contributed by atoms with Crippen molar-refractivity contribution in [2.24, 2.45) is 0 Å². The SMILES string of the molecule is Cc1cc(C(C)(C)C)cc(C)c1C1=c2cc3cc4c(cc3cc2-c2cc3ccccc3cc21)=C(c1c(C)cc(C(C)(C)C)cc1C)c1ccc2ccccc2c1-4. The van der Waals surface area contributed by atoms with Crippen LogP contribution in [0.5, 0.6) is 0 Å². The monoisotopic (exact) mass is 722 g/mol. The molecule has 8 aromatic rings. The molecule has 0 aromatic heterocycles. The maximum Gasteiger partial charge on any atom is -0.00199 e. The molecule has 10 rings (SSSR count). The van der Waals surface area contributed by atoms with Crippen molar-refractivity contribution in [1.82, 2.24) is 0 Å². The summed E-state index contributed by atoms with van der Waals surface area (Å²) >= 11 is 0. The van der Waals surface area contributed by atoms with Gasteiger partial charge in [-0.25, -0.2) is 0 Å². The summed E-state index contributed by atoms with van der Waals surface area (Å²) in [6.07, 6.45) is 0. The Labute approximate surface area is 331 Å². The lowest BCUT2D eigenvalue weighted by Crippen LogP contribution is -2.14. The Hall–Kier alpha value is -5.72. The molecule has 0 radical (unpaired) electrons. The fourth-order valence-corrected chi connectivity index (χ4v) is 10.0. The molecule has 0 atom stereocenters. The third-order valence-electron chi connectivity index (χ3n) is 12.9. The average molecular weight is 723 g/mol. The maximum atomic E-state index is 2.51. The van der Waals surface area contributed by atoms with Crippen LogP contribution in [0.25, 0.3) is 65.7 Å². The number of benzene rings is 8. The number of hydrogen-bond donors (Lipinski definition) is 0. The summed E-state index contributed by atoms with van der Waals surface area (Å²) in [5, 5.41) is 10.4. The van der Waals surface area contributed by atoms with E-state index < -0.39 is 0 Å². The van der Waals surface area contributed by atoms with Crippen molar-refractivity contribution in [2.75, 3.05) is 0 Å². The van der Waals surface area contributed by atoms with Crippen molar-refractivity contribution in [3.8, 4) is 22.3 Å². The second-order valence-electron chi connectivity index (χ2n) is 18.8. The topological polar surface area (TPSA) is 0 Å². The molecule has 0 aliphatic heterocycles. The van der Waals surface area contributed by atoms with Gasteiger partial charge in [0.1, 0.15) is 0 Å². The van der Waals surface area contributed by atoms with E-state index in [-0.39, 0.29) is 10.8 Å². The van der Waals surface area contributed by atoms with Gasteiger partial charge in [-0.3, -0.25) is 0 Å². The van der Waals surface area contributed by atoms with Crippen LogP contribution in [0.1, 0.15) is 97.2 Å². The number of rotatable bonds is 2. The highest BCUT2D eigenvalue weighted by Crippen LogP contribution is 2.46. The lowest BCUT2D eigenvalue weighted by molar-refractivity contribution is 0.589. The highest BCUT2D eigenvalue weighted by atomic mass is 14.3. The first-order valence-electron chi connectivity index (χ1n) is 20.3. The van der Waals surface area contributed by atoms with E-state index in [1.54, 1.807) is 0 Å². The molecule has 0 unspecified atom stereocenters. The van der Waals surface area contributed by atoms with Gasteiger partial charge in [0, 0.05) is 0 Å². The van der Waals surface area contributed by atoms with Gasteiger partial charge in [-0.1, -0.05) is 126 Å². The standard InChI is InChI=1S/C56H50/c1-31-21-40(55(5,6)7)22-32(2)50(31)53-43-20-19-35-15-13-14-18-42(35)52(43)48-29-39-28-47-45(27-38(39)30-49(48)53)44-25-36-16-11-12-17-37(36)26-46(44)54(47)51-33(3)23-41(24-34(51)4)56(8,9)10/h11-30H,1-10H3. The Balaban J connectivity index is 1.33. The van der Waals surface area contributed by atoms with Crippen molar-refractivity contribution in [3.63, 3.8) is 0 Å². The van der Waals surface area contributed by atoms with Gasteiger partial charge in [-0.05, 0) is 207 Å². The molecule has 274 valence electrons. The minimum absolute atomic E-state index is 0.0824. The Morgan fingerprint density at radius 2 is 0.750 bits per heavy atom. The second kappa shape index (κ2) is 11.9. The van der Waals surface area contributed by atoms with E-state index in [1.807, 2.05) is 0 Å². The van der Waals surface area contributed by atoms with E-state index in [2.05, 4.69) is 191 Å². The molecule has 8 aromatic carbocycles. The molecule has 0 bridgehead atoms. The zero-order valence-corrected chi connectivity index (χ0v) is 34.5. The Kier molecular flexibility index (Phi) is 7.38. The summed E-state index contributed by atoms with van der Waals surface area (Å²) < 4.78 is 0. The third kappa shape index (κ3) is 5.11. The molecule has 0 heterocycles. The zero-order valence-electron chi connectivity index (χ0n) is 34.5. The molecule has 0 fully saturated rings. The van der Waals surface area contributed by atoms with E-state index in [1.165, 1.54) is 132 Å². The van der Waals surface area contributed by atoms with Crippen LogP contribution in [0.2, 0.25) is 0 Å². The summed E-state index contributed by atoms with van der Waals surface area (Å²) in [6.45, 7) is 23.2. The van der Waals surface area contributed by atoms with Crippen LogP contribution in [0, 0.1) is 27.7 Å². The van der Waals surface area contributed by atoms with Crippen LogP contribution in [0.4, 0.5) is 0 Å². The van der Waals surface area contributed by atoms with Gasteiger partial charge in [-0.15, -0.1) is 0 Å². The van der Waals surface area contributed by atoms with E-state index in [4.69, 9.17) is 0 Å². The quantitative estimate of drug-likeness (QED) is 0.167. The molecule has 0 spiro atoms. The van der Waals surface area contributed by atoms with Gasteiger partial charge < -0.3 is 0 Å². The molecule has 0 N–H and O–H groups in total. The minimum atomic E-state index is 0.0824. The summed E-state index contributed by atoms with van der Waals surface area (Å²) in [6, 6.07) is 47.1. The maximum absolute atomic E-state index is 2.51. The molecular formula is C56H50. The summed E-state index contributed by atoms with van der Waals surface area (Å²) in [5.74, 6) is 0. The summed E-state index contributed by atoms with van der Waals surface area (Å²) in [4.78, 5) is 0. The minimum Gasteiger partial charge on any atom is -0.0616 e. The van der Waals surface area contributed by atoms with Gasteiger partial charge in [0.25, 0.3) is 0 Å². The van der Waals surface area contributed by atoms with Gasteiger partial charge in [0.05, 0.1) is 0 Å². The van der Waals surface area contributed by atoms with E-state index in [0.29, 0.717) is 0 Å². The molecule has 2 aliphatic rings. The van der Waals surface area contributed by atoms with Crippen LogP contribution in [-0.4, -0.2) is 0 Å². The normalized spacial score (nSPS) is 13.5. The first kappa shape index (κ1) is 34.7. The average Bonchev–Trinajstić information content (AvgIpc) is 3.62. The zero-order chi connectivity index (χ0) is 39.0. The molecule has 0 amide bonds. The lowest BCUT2D eigenvalue weighted by Gasteiger charge is -2.23. The molecule has 0 saturated heterocycles. The molecule has 0 saturated carbocycles. The fraction of sp³-hybridized carbons (Fsp3) is 0.214. The molecule has 0 nitrogen and oxygen atoms in total. The van der Waals surface area contributed by atoms with Crippen LogP contribution in [0.15, 0.2) is 121 Å². The second-order valence-corrected chi connectivity index (χ2v) is 18.8. The smallest absolute Gasteiger partial charge is 0.00199 e. The van der Waals surface area contributed by atoms with Gasteiger partial charge >= 0.3 is 0 Å². The van der Waals surface area contributed by atoms with Gasteiger partial charge in [-0.2, -0.15) is 0 Å². The molecular weight excluding hydrogens is 673 g/mol. The summed E-state index contributed by atoms with van der Waals surface area (Å²) in [7, 11) is 0. The summed E-state index contributed by atoms with van der Waals surface area (Å²) in [5.41, 5.74) is 21.8.